The minimum atomic E-state index is -3.54. The molecule has 222 valence electrons. The molecule has 1 spiro atoms. The van der Waals surface area contributed by atoms with Crippen LogP contribution in [0.5, 0.6) is 0 Å². The van der Waals surface area contributed by atoms with Gasteiger partial charge in [-0.15, -0.1) is 0 Å². The van der Waals surface area contributed by atoms with Crippen LogP contribution >= 0.6 is 0 Å². The van der Waals surface area contributed by atoms with E-state index in [2.05, 4.69) is 4.68 Å². The van der Waals surface area contributed by atoms with E-state index in [9.17, 15) is 18.0 Å². The summed E-state index contributed by atoms with van der Waals surface area (Å²) in [5.41, 5.74) is 1.63. The fourth-order valence-corrected chi connectivity index (χ4v) is 9.45. The SMILES string of the molecule is Cn1c(=O)n(Cc2cnn3c2C2(CCCCCCCCCC2)CCC3)c(=O)c2cc(S(=O)(=O)CC3(C)CC3)ccc21. The zero-order chi connectivity index (χ0) is 28.8. The highest BCUT2D eigenvalue weighted by Crippen LogP contribution is 2.47. The quantitative estimate of drug-likeness (QED) is 0.399. The molecule has 0 unspecified atom stereocenters. The average Bonchev–Trinajstić information content (AvgIpc) is 3.53. The van der Waals surface area contributed by atoms with Crippen molar-refractivity contribution in [2.75, 3.05) is 5.75 Å². The predicted molar refractivity (Wildman–Crippen MR) is 161 cm³/mol. The Kier molecular flexibility index (Phi) is 7.54. The summed E-state index contributed by atoms with van der Waals surface area (Å²) in [7, 11) is -1.89. The number of aromatic nitrogens is 4. The molecule has 2 aliphatic carbocycles. The van der Waals surface area contributed by atoms with Gasteiger partial charge in [-0.05, 0) is 62.1 Å². The molecular formula is C32H44N4O4S. The Balaban J connectivity index is 1.40. The van der Waals surface area contributed by atoms with Gasteiger partial charge in [-0.3, -0.25) is 18.6 Å². The van der Waals surface area contributed by atoms with Gasteiger partial charge in [0.25, 0.3) is 5.56 Å². The van der Waals surface area contributed by atoms with Gasteiger partial charge in [-0.1, -0.05) is 58.3 Å². The maximum atomic E-state index is 13.9. The van der Waals surface area contributed by atoms with Gasteiger partial charge in [0.05, 0.1) is 34.3 Å². The van der Waals surface area contributed by atoms with Crippen LogP contribution in [0.25, 0.3) is 10.9 Å². The lowest BCUT2D eigenvalue weighted by Crippen LogP contribution is -2.40. The molecule has 0 atom stereocenters. The van der Waals surface area contributed by atoms with E-state index in [1.165, 1.54) is 78.3 Å². The molecule has 41 heavy (non-hydrogen) atoms. The molecule has 8 nitrogen and oxygen atoms in total. The maximum absolute atomic E-state index is 13.9. The zero-order valence-electron chi connectivity index (χ0n) is 24.7. The third-order valence-electron chi connectivity index (χ3n) is 10.2. The lowest BCUT2D eigenvalue weighted by molar-refractivity contribution is 0.245. The van der Waals surface area contributed by atoms with Crippen LogP contribution in [-0.4, -0.2) is 33.1 Å². The number of rotatable bonds is 5. The second-order valence-corrected chi connectivity index (χ2v) is 15.4. The summed E-state index contributed by atoms with van der Waals surface area (Å²) >= 11 is 0. The molecule has 3 aromatic rings. The van der Waals surface area contributed by atoms with E-state index in [1.54, 1.807) is 13.1 Å². The lowest BCUT2D eigenvalue weighted by atomic mass is 9.69. The highest BCUT2D eigenvalue weighted by molar-refractivity contribution is 7.91. The summed E-state index contributed by atoms with van der Waals surface area (Å²) in [5, 5.41) is 5.02. The van der Waals surface area contributed by atoms with Crippen molar-refractivity contribution < 1.29 is 8.42 Å². The average molecular weight is 581 g/mol. The molecule has 0 amide bonds. The van der Waals surface area contributed by atoms with Crippen LogP contribution < -0.4 is 11.2 Å². The third-order valence-corrected chi connectivity index (χ3v) is 12.2. The van der Waals surface area contributed by atoms with Crippen LogP contribution in [0.4, 0.5) is 0 Å². The standard InChI is InChI=1S/C32H44N4O4S/c1-31(17-18-31)23-41(39,40)25-12-13-27-26(20-25)29(37)35(30(38)34(27)2)22-24-21-33-36-19-11-16-32(28(24)36)14-9-7-5-3-4-6-8-10-15-32/h12-13,20-21H,3-11,14-19,22-23H2,1-2H3. The topological polar surface area (TPSA) is 96.0 Å². The Bertz CT molecular complexity index is 1660. The molecule has 2 aromatic heterocycles. The van der Waals surface area contributed by atoms with Gasteiger partial charge in [0.1, 0.15) is 0 Å². The number of fused-ring (bicyclic) bond motifs is 3. The number of aryl methyl sites for hydroxylation is 2. The summed E-state index contributed by atoms with van der Waals surface area (Å²) in [4.78, 5) is 27.6. The second-order valence-electron chi connectivity index (χ2n) is 13.4. The fourth-order valence-electron chi connectivity index (χ4n) is 7.51. The number of hydrogen-bond donors (Lipinski definition) is 0. The summed E-state index contributed by atoms with van der Waals surface area (Å²) in [6.07, 6.45) is 18.3. The molecule has 6 rings (SSSR count). The van der Waals surface area contributed by atoms with E-state index >= 15 is 0 Å². The molecule has 1 aromatic carbocycles. The second kappa shape index (κ2) is 10.9. The molecule has 3 aliphatic rings. The van der Waals surface area contributed by atoms with Gasteiger partial charge in [-0.25, -0.2) is 13.2 Å². The van der Waals surface area contributed by atoms with Crippen molar-refractivity contribution in [3.63, 3.8) is 0 Å². The number of hydrogen-bond acceptors (Lipinski definition) is 5. The van der Waals surface area contributed by atoms with Crippen LogP contribution in [0, 0.1) is 5.41 Å². The third kappa shape index (κ3) is 5.46. The van der Waals surface area contributed by atoms with Crippen LogP contribution in [0.2, 0.25) is 0 Å². The van der Waals surface area contributed by atoms with Crippen molar-refractivity contribution in [1.29, 1.82) is 0 Å². The van der Waals surface area contributed by atoms with Crippen LogP contribution in [0.1, 0.15) is 108 Å². The molecule has 2 fully saturated rings. The Hall–Kier alpha value is -2.68. The number of sulfone groups is 1. The Morgan fingerprint density at radius 3 is 2.17 bits per heavy atom. The first-order valence-electron chi connectivity index (χ1n) is 15.6. The van der Waals surface area contributed by atoms with Gasteiger partial charge in [0.2, 0.25) is 0 Å². The molecule has 2 saturated carbocycles. The number of nitrogens with zero attached hydrogens (tertiary/aromatic N) is 4. The van der Waals surface area contributed by atoms with Crippen molar-refractivity contribution in [1.82, 2.24) is 18.9 Å². The molecule has 0 saturated heterocycles. The Morgan fingerprint density at radius 2 is 1.51 bits per heavy atom. The first-order valence-corrected chi connectivity index (χ1v) is 17.3. The van der Waals surface area contributed by atoms with Crippen LogP contribution in [-0.2, 0) is 35.4 Å². The minimum absolute atomic E-state index is 0.0281. The van der Waals surface area contributed by atoms with Crippen molar-refractivity contribution in [2.45, 2.75) is 120 Å². The molecule has 9 heteroatoms. The highest BCUT2D eigenvalue weighted by Gasteiger charge is 2.42. The molecule has 1 aliphatic heterocycles. The van der Waals surface area contributed by atoms with Gasteiger partial charge in [0.15, 0.2) is 9.84 Å². The van der Waals surface area contributed by atoms with E-state index in [1.807, 2.05) is 13.1 Å². The Labute approximate surface area is 242 Å². The van der Waals surface area contributed by atoms with E-state index in [0.29, 0.717) is 5.52 Å². The summed E-state index contributed by atoms with van der Waals surface area (Å²) < 4.78 is 31.3. The highest BCUT2D eigenvalue weighted by atomic mass is 32.2. The van der Waals surface area contributed by atoms with Crippen molar-refractivity contribution in [3.05, 3.63) is 56.5 Å². The van der Waals surface area contributed by atoms with Crippen molar-refractivity contribution >= 4 is 20.7 Å². The fraction of sp³-hybridized carbons (Fsp3) is 0.656. The summed E-state index contributed by atoms with van der Waals surface area (Å²) in [6.45, 7) is 3.00. The Morgan fingerprint density at radius 1 is 0.878 bits per heavy atom. The van der Waals surface area contributed by atoms with Gasteiger partial charge in [-0.2, -0.15) is 5.10 Å². The smallest absolute Gasteiger partial charge is 0.296 e. The van der Waals surface area contributed by atoms with Crippen molar-refractivity contribution in [2.24, 2.45) is 12.5 Å². The van der Waals surface area contributed by atoms with E-state index in [-0.39, 0.29) is 33.4 Å². The van der Waals surface area contributed by atoms with Gasteiger partial charge < -0.3 is 0 Å². The predicted octanol–water partition coefficient (Wildman–Crippen LogP) is 5.47. The van der Waals surface area contributed by atoms with Crippen molar-refractivity contribution in [3.8, 4) is 0 Å². The molecule has 0 N–H and O–H groups in total. The first-order chi connectivity index (χ1) is 19.6. The van der Waals surface area contributed by atoms with E-state index in [0.717, 1.165) is 50.6 Å². The molecule has 0 radical (unpaired) electrons. The van der Waals surface area contributed by atoms with Crippen LogP contribution in [0.15, 0.2) is 38.9 Å². The summed E-state index contributed by atoms with van der Waals surface area (Å²) in [5.74, 6) is 0.0795. The number of benzene rings is 1. The van der Waals surface area contributed by atoms with Gasteiger partial charge in [0, 0.05) is 30.3 Å². The molecular weight excluding hydrogens is 536 g/mol. The largest absolute Gasteiger partial charge is 0.331 e. The lowest BCUT2D eigenvalue weighted by Gasteiger charge is -2.39. The normalized spacial score (nSPS) is 20.9. The molecule has 0 bridgehead atoms. The minimum Gasteiger partial charge on any atom is -0.296 e. The van der Waals surface area contributed by atoms with E-state index in [4.69, 9.17) is 5.10 Å². The monoisotopic (exact) mass is 580 g/mol. The molecule has 3 heterocycles. The van der Waals surface area contributed by atoms with E-state index < -0.39 is 21.1 Å². The zero-order valence-corrected chi connectivity index (χ0v) is 25.5. The van der Waals surface area contributed by atoms with Crippen LogP contribution in [0.3, 0.4) is 0 Å². The van der Waals surface area contributed by atoms with Gasteiger partial charge >= 0.3 is 5.69 Å². The summed E-state index contributed by atoms with van der Waals surface area (Å²) in [6, 6.07) is 4.62. The first kappa shape index (κ1) is 28.4. The maximum Gasteiger partial charge on any atom is 0.331 e.